The molecule has 3 aromatic carbocycles. The highest BCUT2D eigenvalue weighted by molar-refractivity contribution is 6.05. The standard InChI is InChI=1S/C29H29N7O4/c1-18-23(4-3-5-24(18)32-26(37)19-8-12-22(39-2)13-9-19)25-33-28(30)35-29(34-25)31-21-10-6-20(7-11-21)27(38)36-14-16-40-17-15-36/h3-13H,14-17H2,1-2H3,(H,32,37)(H3,30,31,33,34,35). The molecule has 0 radical (unpaired) electrons. The summed E-state index contributed by atoms with van der Waals surface area (Å²) in [5.74, 6) is 1.03. The first kappa shape index (κ1) is 26.6. The first-order chi connectivity index (χ1) is 19.4. The van der Waals surface area contributed by atoms with Gasteiger partial charge in [-0.05, 0) is 67.1 Å². The van der Waals surface area contributed by atoms with Crippen LogP contribution < -0.4 is 21.1 Å². The fourth-order valence-corrected chi connectivity index (χ4v) is 4.29. The van der Waals surface area contributed by atoms with Crippen molar-refractivity contribution >= 4 is 35.1 Å². The summed E-state index contributed by atoms with van der Waals surface area (Å²) in [7, 11) is 1.57. The number of benzene rings is 3. The second-order valence-electron chi connectivity index (χ2n) is 9.11. The predicted octanol–water partition coefficient (Wildman–Crippen LogP) is 3.91. The van der Waals surface area contributed by atoms with Crippen LogP contribution in [-0.4, -0.2) is 65.1 Å². The van der Waals surface area contributed by atoms with E-state index in [1.165, 1.54) is 0 Å². The van der Waals surface area contributed by atoms with E-state index in [1.54, 1.807) is 60.5 Å². The van der Waals surface area contributed by atoms with E-state index in [0.29, 0.717) is 65.9 Å². The number of hydrogen-bond acceptors (Lipinski definition) is 9. The molecule has 2 heterocycles. The normalized spacial score (nSPS) is 13.0. The molecule has 5 rings (SSSR count). The van der Waals surface area contributed by atoms with Crippen LogP contribution in [-0.2, 0) is 4.74 Å². The number of ether oxygens (including phenoxy) is 2. The van der Waals surface area contributed by atoms with Gasteiger partial charge in [-0.1, -0.05) is 12.1 Å². The van der Waals surface area contributed by atoms with Crippen LogP contribution in [0.4, 0.5) is 23.3 Å². The topological polar surface area (TPSA) is 145 Å². The van der Waals surface area contributed by atoms with Gasteiger partial charge in [0.25, 0.3) is 11.8 Å². The Hall–Kier alpha value is -5.03. The molecular weight excluding hydrogens is 510 g/mol. The SMILES string of the molecule is COc1ccc(C(=O)Nc2cccc(-c3nc(N)nc(Nc4ccc(C(=O)N5CCOCC5)cc4)n3)c2C)cc1. The molecule has 0 bridgehead atoms. The number of nitrogens with two attached hydrogens (primary N) is 1. The van der Waals surface area contributed by atoms with Crippen LogP contribution in [0.1, 0.15) is 26.3 Å². The van der Waals surface area contributed by atoms with E-state index in [2.05, 4.69) is 25.6 Å². The zero-order valence-electron chi connectivity index (χ0n) is 22.2. The van der Waals surface area contributed by atoms with Gasteiger partial charge >= 0.3 is 0 Å². The van der Waals surface area contributed by atoms with Crippen LogP contribution in [0.25, 0.3) is 11.4 Å². The highest BCUT2D eigenvalue weighted by atomic mass is 16.5. The average molecular weight is 540 g/mol. The number of anilines is 4. The number of nitrogens with one attached hydrogen (secondary N) is 2. The minimum atomic E-state index is -0.254. The first-order valence-electron chi connectivity index (χ1n) is 12.7. The van der Waals surface area contributed by atoms with Gasteiger partial charge in [0.2, 0.25) is 11.9 Å². The quantitative estimate of drug-likeness (QED) is 0.318. The molecule has 0 atom stereocenters. The molecule has 11 heteroatoms. The molecule has 1 fully saturated rings. The van der Waals surface area contributed by atoms with Gasteiger partial charge in [0.1, 0.15) is 5.75 Å². The number of carbonyl (C=O) groups is 2. The van der Waals surface area contributed by atoms with E-state index in [-0.39, 0.29) is 23.7 Å². The molecule has 2 amide bonds. The smallest absolute Gasteiger partial charge is 0.255 e. The third-order valence-corrected chi connectivity index (χ3v) is 6.51. The van der Waals surface area contributed by atoms with Crippen molar-refractivity contribution in [1.29, 1.82) is 0 Å². The summed E-state index contributed by atoms with van der Waals surface area (Å²) >= 11 is 0. The van der Waals surface area contributed by atoms with Gasteiger partial charge in [-0.3, -0.25) is 9.59 Å². The van der Waals surface area contributed by atoms with Crippen molar-refractivity contribution in [2.24, 2.45) is 0 Å². The highest BCUT2D eigenvalue weighted by Gasteiger charge is 2.19. The fourth-order valence-electron chi connectivity index (χ4n) is 4.29. The van der Waals surface area contributed by atoms with Crippen molar-refractivity contribution in [1.82, 2.24) is 19.9 Å². The van der Waals surface area contributed by atoms with Gasteiger partial charge in [0.05, 0.1) is 20.3 Å². The number of methoxy groups -OCH3 is 1. The lowest BCUT2D eigenvalue weighted by Gasteiger charge is -2.26. The van der Waals surface area contributed by atoms with Crippen LogP contribution in [0.3, 0.4) is 0 Å². The molecule has 0 saturated carbocycles. The van der Waals surface area contributed by atoms with Gasteiger partial charge in [0.15, 0.2) is 5.82 Å². The van der Waals surface area contributed by atoms with Crippen molar-refractivity contribution in [3.63, 3.8) is 0 Å². The summed E-state index contributed by atoms with van der Waals surface area (Å²) in [4.78, 5) is 40.4. The number of nitrogen functional groups attached to an aromatic ring is 1. The molecule has 1 saturated heterocycles. The zero-order chi connectivity index (χ0) is 28.1. The lowest BCUT2D eigenvalue weighted by Crippen LogP contribution is -2.40. The summed E-state index contributed by atoms with van der Waals surface area (Å²) in [6.07, 6.45) is 0. The van der Waals surface area contributed by atoms with Crippen molar-refractivity contribution in [2.75, 3.05) is 49.8 Å². The Morgan fingerprint density at radius 2 is 1.62 bits per heavy atom. The summed E-state index contributed by atoms with van der Waals surface area (Å²) < 4.78 is 10.5. The summed E-state index contributed by atoms with van der Waals surface area (Å²) in [5, 5.41) is 6.08. The maximum atomic E-state index is 12.8. The molecule has 0 unspecified atom stereocenters. The largest absolute Gasteiger partial charge is 0.497 e. The van der Waals surface area contributed by atoms with Gasteiger partial charge < -0.3 is 30.7 Å². The average Bonchev–Trinajstić information content (AvgIpc) is 2.98. The van der Waals surface area contributed by atoms with E-state index < -0.39 is 0 Å². The minimum Gasteiger partial charge on any atom is -0.497 e. The minimum absolute atomic E-state index is 0.0315. The van der Waals surface area contributed by atoms with Gasteiger partial charge in [-0.25, -0.2) is 0 Å². The highest BCUT2D eigenvalue weighted by Crippen LogP contribution is 2.28. The number of aromatic nitrogens is 3. The number of morpholine rings is 1. The molecule has 0 aliphatic carbocycles. The number of nitrogens with zero attached hydrogens (tertiary/aromatic N) is 4. The molecule has 204 valence electrons. The van der Waals surface area contributed by atoms with Crippen molar-refractivity contribution in [3.8, 4) is 17.1 Å². The van der Waals surface area contributed by atoms with E-state index in [0.717, 1.165) is 5.56 Å². The Balaban J connectivity index is 1.33. The molecule has 1 aliphatic rings. The Morgan fingerprint density at radius 3 is 2.33 bits per heavy atom. The number of hydrogen-bond donors (Lipinski definition) is 3. The molecule has 4 aromatic rings. The summed E-state index contributed by atoms with van der Waals surface area (Å²) in [5.41, 5.74) is 9.88. The number of carbonyl (C=O) groups excluding carboxylic acids is 2. The molecule has 11 nitrogen and oxygen atoms in total. The second-order valence-corrected chi connectivity index (χ2v) is 9.11. The molecule has 4 N–H and O–H groups in total. The predicted molar refractivity (Wildman–Crippen MR) is 152 cm³/mol. The molecule has 40 heavy (non-hydrogen) atoms. The Labute approximate surface area is 231 Å². The van der Waals surface area contributed by atoms with Crippen LogP contribution in [0.2, 0.25) is 0 Å². The van der Waals surface area contributed by atoms with Crippen LogP contribution in [0, 0.1) is 6.92 Å². The fraction of sp³-hybridized carbons (Fsp3) is 0.207. The Morgan fingerprint density at radius 1 is 0.925 bits per heavy atom. The maximum absolute atomic E-state index is 12.8. The summed E-state index contributed by atoms with van der Waals surface area (Å²) in [6, 6.07) is 19.4. The Bertz CT molecular complexity index is 1520. The van der Waals surface area contributed by atoms with Crippen LogP contribution in [0.5, 0.6) is 5.75 Å². The maximum Gasteiger partial charge on any atom is 0.255 e. The van der Waals surface area contributed by atoms with Crippen molar-refractivity contribution in [2.45, 2.75) is 6.92 Å². The second kappa shape index (κ2) is 11.8. The van der Waals surface area contributed by atoms with Crippen LogP contribution >= 0.6 is 0 Å². The van der Waals surface area contributed by atoms with Crippen LogP contribution in [0.15, 0.2) is 66.7 Å². The number of amides is 2. The van der Waals surface area contributed by atoms with E-state index in [4.69, 9.17) is 15.2 Å². The Kier molecular flexibility index (Phi) is 7.83. The third-order valence-electron chi connectivity index (χ3n) is 6.51. The molecule has 0 spiro atoms. The van der Waals surface area contributed by atoms with Gasteiger partial charge in [-0.15, -0.1) is 0 Å². The zero-order valence-corrected chi connectivity index (χ0v) is 22.2. The molecule has 1 aliphatic heterocycles. The summed E-state index contributed by atoms with van der Waals surface area (Å²) in [6.45, 7) is 4.13. The third kappa shape index (κ3) is 6.00. The lowest BCUT2D eigenvalue weighted by molar-refractivity contribution is 0.0303. The van der Waals surface area contributed by atoms with E-state index in [1.807, 2.05) is 25.1 Å². The molecular formula is C29H29N7O4. The monoisotopic (exact) mass is 539 g/mol. The van der Waals surface area contributed by atoms with E-state index >= 15 is 0 Å². The lowest BCUT2D eigenvalue weighted by atomic mass is 10.1. The van der Waals surface area contributed by atoms with E-state index in [9.17, 15) is 9.59 Å². The molecule has 1 aromatic heterocycles. The van der Waals surface area contributed by atoms with Gasteiger partial charge in [-0.2, -0.15) is 15.0 Å². The van der Waals surface area contributed by atoms with Crippen molar-refractivity contribution < 1.29 is 19.1 Å². The van der Waals surface area contributed by atoms with Gasteiger partial charge in [0, 0.05) is 41.2 Å². The first-order valence-corrected chi connectivity index (χ1v) is 12.7. The van der Waals surface area contributed by atoms with Crippen molar-refractivity contribution in [3.05, 3.63) is 83.4 Å². The number of rotatable bonds is 7.